The maximum atomic E-state index is 13.4. The molecule has 0 aliphatic carbocycles. The van der Waals surface area contributed by atoms with E-state index < -0.39 is 28.7 Å². The summed E-state index contributed by atoms with van der Waals surface area (Å²) in [6.45, 7) is 1.66. The molecule has 5 rings (SSSR count). The van der Waals surface area contributed by atoms with Crippen LogP contribution in [0.2, 0.25) is 0 Å². The molecule has 0 bridgehead atoms. The summed E-state index contributed by atoms with van der Waals surface area (Å²) in [6.07, 6.45) is -2.58. The van der Waals surface area contributed by atoms with Gasteiger partial charge in [-0.25, -0.2) is 17.5 Å². The summed E-state index contributed by atoms with van der Waals surface area (Å²) in [4.78, 5) is 2.82. The van der Waals surface area contributed by atoms with Gasteiger partial charge in [0.1, 0.15) is 5.82 Å². The van der Waals surface area contributed by atoms with E-state index in [1.165, 1.54) is 23.5 Å². The Hall–Kier alpha value is -3.36. The Morgan fingerprint density at radius 1 is 1.05 bits per heavy atom. The summed E-state index contributed by atoms with van der Waals surface area (Å²) >= 11 is 0. The van der Waals surface area contributed by atoms with Gasteiger partial charge in [-0.05, 0) is 54.4 Å². The summed E-state index contributed by atoms with van der Waals surface area (Å²) in [5.41, 5.74) is 2.86. The third-order valence-corrected chi connectivity index (χ3v) is 8.43. The maximum Gasteiger partial charge on any atom is 0.390 e. The minimum absolute atomic E-state index is 0.0249. The summed E-state index contributed by atoms with van der Waals surface area (Å²) in [6, 6.07) is 8.92. The van der Waals surface area contributed by atoms with Gasteiger partial charge in [0.25, 0.3) is 10.0 Å². The normalized spacial score (nSPS) is 17.9. The molecule has 0 spiro atoms. The molecule has 2 aromatic heterocycles. The number of sulfonamides is 1. The molecule has 202 valence electrons. The van der Waals surface area contributed by atoms with Gasteiger partial charge < -0.3 is 0 Å². The highest BCUT2D eigenvalue weighted by atomic mass is 32.2. The average molecular weight is 552 g/mol. The van der Waals surface area contributed by atoms with Gasteiger partial charge >= 0.3 is 6.18 Å². The van der Waals surface area contributed by atoms with Gasteiger partial charge in [-0.3, -0.25) is 4.90 Å². The first-order chi connectivity index (χ1) is 17.9. The highest BCUT2D eigenvalue weighted by Crippen LogP contribution is 2.34. The molecule has 1 aliphatic rings. The van der Waals surface area contributed by atoms with Gasteiger partial charge in [0, 0.05) is 44.7 Å². The Balaban J connectivity index is 1.52. The topological polar surface area (TPSA) is 89.2 Å². The second kappa shape index (κ2) is 9.75. The number of benzene rings is 2. The van der Waals surface area contributed by atoms with Crippen molar-refractivity contribution in [1.29, 1.82) is 0 Å². The Morgan fingerprint density at radius 3 is 2.45 bits per heavy atom. The van der Waals surface area contributed by atoms with Crippen molar-refractivity contribution < 1.29 is 26.0 Å². The molecular formula is C24H25F4N7O2S. The van der Waals surface area contributed by atoms with E-state index in [2.05, 4.69) is 15.3 Å². The molecule has 0 saturated carbocycles. The van der Waals surface area contributed by atoms with Crippen molar-refractivity contribution >= 4 is 20.9 Å². The van der Waals surface area contributed by atoms with Gasteiger partial charge in [-0.1, -0.05) is 0 Å². The van der Waals surface area contributed by atoms with Crippen LogP contribution in [0.4, 0.5) is 17.6 Å². The molecular weight excluding hydrogens is 526 g/mol. The molecule has 0 radical (unpaired) electrons. The summed E-state index contributed by atoms with van der Waals surface area (Å²) in [5.74, 6) is -0.374. The quantitative estimate of drug-likeness (QED) is 0.341. The Kier molecular flexibility index (Phi) is 6.73. The monoisotopic (exact) mass is 551 g/mol. The summed E-state index contributed by atoms with van der Waals surface area (Å²) < 4.78 is 82.2. The van der Waals surface area contributed by atoms with Gasteiger partial charge in [0.2, 0.25) is 5.03 Å². The molecule has 1 atom stereocenters. The van der Waals surface area contributed by atoms with Gasteiger partial charge in [-0.2, -0.15) is 32.5 Å². The third-order valence-electron chi connectivity index (χ3n) is 6.71. The molecule has 3 heterocycles. The van der Waals surface area contributed by atoms with Crippen LogP contribution in [0, 0.1) is 12.7 Å². The van der Waals surface area contributed by atoms with Crippen LogP contribution >= 0.6 is 0 Å². The fourth-order valence-corrected chi connectivity index (χ4v) is 6.09. The molecule has 0 N–H and O–H groups in total. The first kappa shape index (κ1) is 26.3. The van der Waals surface area contributed by atoms with Crippen molar-refractivity contribution in [3.8, 4) is 5.69 Å². The third kappa shape index (κ3) is 5.15. The van der Waals surface area contributed by atoms with Crippen LogP contribution in [0.5, 0.6) is 0 Å². The Labute approximate surface area is 216 Å². The standard InChI is InChI=1S/C24H25F4N7O2S/c1-16-11-21-17(13-30-35(21)19-5-3-18(25)4-6-19)12-20(16)22-15-34(10-9-33(22)8-7-24(26,27)28)38(36,37)23-14-29-32(2)31-23/h3-6,11-14,22H,7-10,15H2,1-2H3/t22-/m0/s1. The van der Waals surface area contributed by atoms with Crippen molar-refractivity contribution in [3.05, 3.63) is 65.7 Å². The largest absolute Gasteiger partial charge is 0.390 e. The second-order valence-corrected chi connectivity index (χ2v) is 11.1. The van der Waals surface area contributed by atoms with E-state index in [4.69, 9.17) is 0 Å². The molecule has 4 aromatic rings. The first-order valence-electron chi connectivity index (χ1n) is 11.8. The number of fused-ring (bicyclic) bond motifs is 1. The molecule has 9 nitrogen and oxygen atoms in total. The van der Waals surface area contributed by atoms with Crippen molar-refractivity contribution in [2.75, 3.05) is 26.2 Å². The number of piperazine rings is 1. The van der Waals surface area contributed by atoms with Crippen molar-refractivity contribution in [3.63, 3.8) is 0 Å². The Morgan fingerprint density at radius 2 is 1.79 bits per heavy atom. The van der Waals surface area contributed by atoms with Crippen LogP contribution in [-0.4, -0.2) is 74.8 Å². The van der Waals surface area contributed by atoms with E-state index in [0.29, 0.717) is 11.3 Å². The molecule has 14 heteroatoms. The lowest BCUT2D eigenvalue weighted by atomic mass is 9.96. The molecule has 1 fully saturated rings. The second-order valence-electron chi connectivity index (χ2n) is 9.25. The Bertz CT molecular complexity index is 1560. The first-order valence-corrected chi connectivity index (χ1v) is 13.3. The van der Waals surface area contributed by atoms with Crippen molar-refractivity contribution in [1.82, 2.24) is 34.0 Å². The zero-order chi connectivity index (χ0) is 27.2. The van der Waals surface area contributed by atoms with E-state index in [1.54, 1.807) is 27.9 Å². The number of aromatic nitrogens is 5. The number of nitrogens with zero attached hydrogens (tertiary/aromatic N) is 7. The smallest absolute Gasteiger partial charge is 0.293 e. The van der Waals surface area contributed by atoms with E-state index in [9.17, 15) is 26.0 Å². The summed E-state index contributed by atoms with van der Waals surface area (Å²) in [5, 5.41) is 12.7. The highest BCUT2D eigenvalue weighted by molar-refractivity contribution is 7.89. The van der Waals surface area contributed by atoms with Crippen molar-refractivity contribution in [2.24, 2.45) is 7.05 Å². The minimum Gasteiger partial charge on any atom is -0.293 e. The van der Waals surface area contributed by atoms with Crippen LogP contribution in [0.15, 0.2) is 53.8 Å². The van der Waals surface area contributed by atoms with Crippen molar-refractivity contribution in [2.45, 2.75) is 30.6 Å². The van der Waals surface area contributed by atoms with Crippen LogP contribution in [0.1, 0.15) is 23.6 Å². The molecule has 2 aromatic carbocycles. The highest BCUT2D eigenvalue weighted by Gasteiger charge is 2.38. The lowest BCUT2D eigenvalue weighted by molar-refractivity contribution is -0.140. The molecule has 38 heavy (non-hydrogen) atoms. The molecule has 0 unspecified atom stereocenters. The fourth-order valence-electron chi connectivity index (χ4n) is 4.77. The van der Waals surface area contributed by atoms with Crippen LogP contribution in [0.25, 0.3) is 16.6 Å². The van der Waals surface area contributed by atoms with Gasteiger partial charge in [0.15, 0.2) is 0 Å². The zero-order valence-corrected chi connectivity index (χ0v) is 21.4. The minimum atomic E-state index is -4.34. The predicted octanol–water partition coefficient (Wildman–Crippen LogP) is 3.60. The molecule has 1 saturated heterocycles. The number of hydrogen-bond donors (Lipinski definition) is 0. The number of alkyl halides is 3. The van der Waals surface area contributed by atoms with Crippen LogP contribution in [0.3, 0.4) is 0 Å². The summed E-state index contributed by atoms with van der Waals surface area (Å²) in [7, 11) is -2.50. The van der Waals surface area contributed by atoms with E-state index >= 15 is 0 Å². The molecule has 1 aliphatic heterocycles. The number of halogens is 4. The lowest BCUT2D eigenvalue weighted by Gasteiger charge is -2.41. The van der Waals surface area contributed by atoms with Gasteiger partial charge in [-0.15, -0.1) is 5.10 Å². The number of rotatable bonds is 6. The zero-order valence-electron chi connectivity index (χ0n) is 20.6. The van der Waals surface area contributed by atoms with Gasteiger partial charge in [0.05, 0.1) is 30.0 Å². The SMILES string of the molecule is Cc1cc2c(cnn2-c2ccc(F)cc2)cc1[C@@H]1CN(S(=O)(=O)c2cnn(C)n2)CCN1CCC(F)(F)F. The maximum absolute atomic E-state index is 13.4. The van der Waals surface area contributed by atoms with E-state index in [0.717, 1.165) is 27.5 Å². The number of aryl methyl sites for hydroxylation is 2. The predicted molar refractivity (Wildman–Crippen MR) is 131 cm³/mol. The van der Waals surface area contributed by atoms with E-state index in [-0.39, 0.29) is 37.0 Å². The van der Waals surface area contributed by atoms with Crippen LogP contribution in [-0.2, 0) is 17.1 Å². The average Bonchev–Trinajstić information content (AvgIpc) is 3.48. The van der Waals surface area contributed by atoms with Crippen LogP contribution < -0.4 is 0 Å². The lowest BCUT2D eigenvalue weighted by Crippen LogP contribution is -2.51. The number of hydrogen-bond acceptors (Lipinski definition) is 6. The molecule has 0 amide bonds. The fraction of sp³-hybridized carbons (Fsp3) is 0.375. The van der Waals surface area contributed by atoms with E-state index in [1.807, 2.05) is 19.1 Å².